The molecule has 1 fully saturated rings. The molecule has 0 saturated carbocycles. The Bertz CT molecular complexity index is 521. The normalized spacial score (nSPS) is 18.4. The molecule has 1 atom stereocenters. The maximum atomic E-state index is 11.9. The van der Waals surface area contributed by atoms with Crippen LogP contribution in [0.1, 0.15) is 24.8 Å². The van der Waals surface area contributed by atoms with Gasteiger partial charge in [-0.05, 0) is 43.1 Å². The average Bonchev–Trinajstić information content (AvgIpc) is 2.72. The Morgan fingerprint density at radius 1 is 1.22 bits per heavy atom. The average molecular weight is 338 g/mol. The van der Waals surface area contributed by atoms with E-state index in [4.69, 9.17) is 11.6 Å². The van der Waals surface area contributed by atoms with Crippen LogP contribution in [0, 0.1) is 0 Å². The largest absolute Gasteiger partial charge is 0.348 e. The van der Waals surface area contributed by atoms with Crippen LogP contribution < -0.4 is 0 Å². The van der Waals surface area contributed by atoms with Crippen LogP contribution in [0.25, 0.3) is 0 Å². The van der Waals surface area contributed by atoms with E-state index in [0.717, 1.165) is 44.2 Å². The maximum Gasteiger partial charge on any atom is 0.236 e. The van der Waals surface area contributed by atoms with Gasteiger partial charge in [0.2, 0.25) is 5.91 Å². The summed E-state index contributed by atoms with van der Waals surface area (Å²) >= 11 is 6.09. The first-order chi connectivity index (χ1) is 11.0. The highest BCUT2D eigenvalue weighted by molar-refractivity contribution is 6.30. The molecule has 0 aromatic heterocycles. The fraction of sp³-hybridized carbons (Fsp3) is 0.611. The summed E-state index contributed by atoms with van der Waals surface area (Å²) in [6.07, 6.45) is 1.11. The van der Waals surface area contributed by atoms with E-state index in [-0.39, 0.29) is 5.91 Å². The summed E-state index contributed by atoms with van der Waals surface area (Å²) in [5.74, 6) is 0.648. The second-order valence-electron chi connectivity index (χ2n) is 6.67. The number of likely N-dealkylation sites (N-methyl/N-ethyl adjacent to an activating group) is 1. The molecule has 1 aliphatic heterocycles. The van der Waals surface area contributed by atoms with Gasteiger partial charge in [-0.1, -0.05) is 30.7 Å². The molecule has 1 aromatic rings. The molecule has 0 bridgehead atoms. The molecule has 1 heterocycles. The van der Waals surface area contributed by atoms with Crippen LogP contribution >= 0.6 is 11.6 Å². The zero-order valence-corrected chi connectivity index (χ0v) is 15.2. The van der Waals surface area contributed by atoms with E-state index in [1.54, 1.807) is 4.90 Å². The molecule has 5 heteroatoms. The second-order valence-corrected chi connectivity index (χ2v) is 7.11. The van der Waals surface area contributed by atoms with Crippen molar-refractivity contribution in [3.63, 3.8) is 0 Å². The predicted molar refractivity (Wildman–Crippen MR) is 96.1 cm³/mol. The quantitative estimate of drug-likeness (QED) is 0.826. The van der Waals surface area contributed by atoms with Crippen LogP contribution in [-0.2, 0) is 4.79 Å². The molecule has 1 aliphatic rings. The third-order valence-electron chi connectivity index (χ3n) is 4.49. The molecule has 1 saturated heterocycles. The van der Waals surface area contributed by atoms with Crippen molar-refractivity contribution in [2.24, 2.45) is 0 Å². The first-order valence-corrected chi connectivity index (χ1v) is 8.74. The van der Waals surface area contributed by atoms with E-state index in [9.17, 15) is 4.79 Å². The molecule has 0 spiro atoms. The molecule has 1 amide bonds. The summed E-state index contributed by atoms with van der Waals surface area (Å²) in [4.78, 5) is 18.3. The number of carbonyl (C=O) groups is 1. The van der Waals surface area contributed by atoms with Gasteiger partial charge in [0.1, 0.15) is 0 Å². The molecule has 0 N–H and O–H groups in total. The van der Waals surface area contributed by atoms with E-state index < -0.39 is 0 Å². The number of nitrogens with zero attached hydrogens (tertiary/aromatic N) is 3. The topological polar surface area (TPSA) is 26.8 Å². The van der Waals surface area contributed by atoms with Crippen LogP contribution in [0.4, 0.5) is 0 Å². The molecular weight excluding hydrogens is 310 g/mol. The molecule has 128 valence electrons. The number of rotatable bonds is 5. The third-order valence-corrected chi connectivity index (χ3v) is 4.72. The summed E-state index contributed by atoms with van der Waals surface area (Å²) in [6, 6.07) is 8.15. The highest BCUT2D eigenvalue weighted by Crippen LogP contribution is 2.21. The predicted octanol–water partition coefficient (Wildman–Crippen LogP) is 2.54. The number of benzene rings is 1. The number of hydrogen-bond acceptors (Lipinski definition) is 3. The number of amides is 1. The smallest absolute Gasteiger partial charge is 0.236 e. The van der Waals surface area contributed by atoms with Gasteiger partial charge in [-0.2, -0.15) is 0 Å². The molecular formula is C18H28ClN3O. The van der Waals surface area contributed by atoms with Gasteiger partial charge in [0, 0.05) is 38.8 Å². The van der Waals surface area contributed by atoms with Gasteiger partial charge in [0.25, 0.3) is 0 Å². The molecule has 4 nitrogen and oxygen atoms in total. The molecule has 0 radical (unpaired) electrons. The monoisotopic (exact) mass is 337 g/mol. The summed E-state index contributed by atoms with van der Waals surface area (Å²) in [5.41, 5.74) is 1.29. The maximum absolute atomic E-state index is 11.9. The van der Waals surface area contributed by atoms with Crippen molar-refractivity contribution in [1.29, 1.82) is 0 Å². The Balaban J connectivity index is 1.84. The van der Waals surface area contributed by atoms with Crippen molar-refractivity contribution in [2.45, 2.75) is 19.3 Å². The van der Waals surface area contributed by atoms with Crippen LogP contribution in [0.2, 0.25) is 5.02 Å². The van der Waals surface area contributed by atoms with Gasteiger partial charge < -0.3 is 9.80 Å². The van der Waals surface area contributed by atoms with Crippen LogP contribution in [-0.4, -0.2) is 74.0 Å². The minimum Gasteiger partial charge on any atom is -0.348 e. The van der Waals surface area contributed by atoms with Gasteiger partial charge in [-0.25, -0.2) is 0 Å². The lowest BCUT2D eigenvalue weighted by atomic mass is 10.0. The lowest BCUT2D eigenvalue weighted by Gasteiger charge is -2.25. The molecule has 23 heavy (non-hydrogen) atoms. The Hall–Kier alpha value is -1.10. The van der Waals surface area contributed by atoms with Crippen LogP contribution in [0.15, 0.2) is 24.3 Å². The zero-order chi connectivity index (χ0) is 16.8. The number of halogens is 1. The SMILES string of the molecule is C[C@H](CN1CCCN(CC(=O)N(C)C)CC1)c1cccc(Cl)c1. The highest BCUT2D eigenvalue weighted by atomic mass is 35.5. The first kappa shape index (κ1) is 18.2. The number of hydrogen-bond donors (Lipinski definition) is 0. The lowest BCUT2D eigenvalue weighted by molar-refractivity contribution is -0.129. The Kier molecular flexibility index (Phi) is 6.88. The van der Waals surface area contributed by atoms with E-state index in [1.165, 1.54) is 5.56 Å². The summed E-state index contributed by atoms with van der Waals surface area (Å²) in [7, 11) is 3.64. The van der Waals surface area contributed by atoms with Gasteiger partial charge >= 0.3 is 0 Å². The number of carbonyl (C=O) groups excluding carboxylic acids is 1. The Morgan fingerprint density at radius 3 is 2.61 bits per heavy atom. The van der Waals surface area contributed by atoms with Crippen molar-refractivity contribution in [2.75, 3.05) is 53.4 Å². The van der Waals surface area contributed by atoms with Gasteiger partial charge in [-0.15, -0.1) is 0 Å². The molecule has 0 aliphatic carbocycles. The standard InChI is InChI=1S/C18H28ClN3O/c1-15(16-6-4-7-17(19)12-16)13-21-8-5-9-22(11-10-21)14-18(23)20(2)3/h4,6-7,12,15H,5,8-11,13-14H2,1-3H3/t15-/m1/s1. The van der Waals surface area contributed by atoms with Gasteiger partial charge in [0.15, 0.2) is 0 Å². The summed E-state index contributed by atoms with van der Waals surface area (Å²) in [5, 5.41) is 0.804. The second kappa shape index (κ2) is 8.67. The van der Waals surface area contributed by atoms with E-state index in [0.29, 0.717) is 12.5 Å². The van der Waals surface area contributed by atoms with E-state index >= 15 is 0 Å². The van der Waals surface area contributed by atoms with E-state index in [2.05, 4.69) is 28.9 Å². The van der Waals surface area contributed by atoms with Crippen LogP contribution in [0.5, 0.6) is 0 Å². The molecule has 0 unspecified atom stereocenters. The lowest BCUT2D eigenvalue weighted by Crippen LogP contribution is -2.39. The zero-order valence-electron chi connectivity index (χ0n) is 14.5. The van der Waals surface area contributed by atoms with E-state index in [1.807, 2.05) is 26.2 Å². The summed E-state index contributed by atoms with van der Waals surface area (Å²) < 4.78 is 0. The van der Waals surface area contributed by atoms with Crippen LogP contribution in [0.3, 0.4) is 0 Å². The van der Waals surface area contributed by atoms with Crippen molar-refractivity contribution in [3.8, 4) is 0 Å². The molecule has 1 aromatic carbocycles. The van der Waals surface area contributed by atoms with Crippen molar-refractivity contribution in [1.82, 2.24) is 14.7 Å². The van der Waals surface area contributed by atoms with Gasteiger partial charge in [-0.3, -0.25) is 9.69 Å². The van der Waals surface area contributed by atoms with Crippen molar-refractivity contribution in [3.05, 3.63) is 34.9 Å². The van der Waals surface area contributed by atoms with Gasteiger partial charge in [0.05, 0.1) is 6.54 Å². The minimum absolute atomic E-state index is 0.186. The third kappa shape index (κ3) is 5.79. The Labute approximate surface area is 145 Å². The minimum atomic E-state index is 0.186. The fourth-order valence-corrected chi connectivity index (χ4v) is 3.20. The summed E-state index contributed by atoms with van der Waals surface area (Å²) in [6.45, 7) is 7.90. The molecule has 2 rings (SSSR count). The van der Waals surface area contributed by atoms with Crippen molar-refractivity contribution >= 4 is 17.5 Å². The fourth-order valence-electron chi connectivity index (χ4n) is 3.00. The highest BCUT2D eigenvalue weighted by Gasteiger charge is 2.19. The first-order valence-electron chi connectivity index (χ1n) is 8.36. The Morgan fingerprint density at radius 2 is 1.91 bits per heavy atom. The van der Waals surface area contributed by atoms with Crippen molar-refractivity contribution < 1.29 is 4.79 Å².